The van der Waals surface area contributed by atoms with Crippen molar-refractivity contribution in [3.63, 3.8) is 0 Å². The number of nitrogens with one attached hydrogen (secondary N) is 3. The summed E-state index contributed by atoms with van der Waals surface area (Å²) in [6.07, 6.45) is 0.601. The minimum atomic E-state index is -1.16. The van der Waals surface area contributed by atoms with Crippen LogP contribution in [-0.4, -0.2) is 54.6 Å². The molecule has 0 radical (unpaired) electrons. The quantitative estimate of drug-likeness (QED) is 0.247. The third kappa shape index (κ3) is 10.3. The van der Waals surface area contributed by atoms with Crippen LogP contribution < -0.4 is 27.4 Å². The lowest BCUT2D eigenvalue weighted by Gasteiger charge is -2.22. The third-order valence-corrected chi connectivity index (χ3v) is 3.71. The van der Waals surface area contributed by atoms with Gasteiger partial charge in [0.25, 0.3) is 0 Å². The maximum absolute atomic E-state index is 12.3. The average Bonchev–Trinajstić information content (AvgIpc) is 2.55. The van der Waals surface area contributed by atoms with E-state index in [1.807, 2.05) is 13.8 Å². The normalized spacial score (nSPS) is 14.2. The molecule has 0 aromatic rings. The van der Waals surface area contributed by atoms with E-state index in [0.717, 1.165) is 0 Å². The fraction of sp³-hybridized carbons (Fsp3) is 0.706. The molecule has 0 aliphatic carbocycles. The summed E-state index contributed by atoms with van der Waals surface area (Å²) in [4.78, 5) is 58.0. The topological polar surface area (TPSA) is 173 Å². The lowest BCUT2D eigenvalue weighted by atomic mass is 10.0. The highest BCUT2D eigenvalue weighted by atomic mass is 16.2. The minimum Gasteiger partial charge on any atom is -0.370 e. The summed E-state index contributed by atoms with van der Waals surface area (Å²) in [5.41, 5.74) is 10.6. The molecule has 0 saturated carbocycles. The summed E-state index contributed by atoms with van der Waals surface area (Å²) in [6.45, 7) is 6.94. The van der Waals surface area contributed by atoms with Crippen LogP contribution in [0.4, 0.5) is 0 Å². The molecule has 10 nitrogen and oxygen atoms in total. The molecule has 0 rings (SSSR count). The number of primary amides is 1. The fourth-order valence-electron chi connectivity index (χ4n) is 2.18. The highest BCUT2D eigenvalue weighted by Gasteiger charge is 2.26. The summed E-state index contributed by atoms with van der Waals surface area (Å²) in [6, 6.07) is -2.73. The number of carbonyl (C=O) groups is 5. The predicted molar refractivity (Wildman–Crippen MR) is 99.0 cm³/mol. The van der Waals surface area contributed by atoms with E-state index < -0.39 is 41.8 Å². The molecular weight excluding hydrogens is 354 g/mol. The maximum Gasteiger partial charge on any atom is 0.243 e. The molecule has 154 valence electrons. The molecule has 0 spiro atoms. The molecule has 3 atom stereocenters. The van der Waals surface area contributed by atoms with Crippen molar-refractivity contribution in [2.45, 2.75) is 58.7 Å². The number of carbonyl (C=O) groups excluding carboxylic acids is 5. The molecule has 0 aromatic carbocycles. The summed E-state index contributed by atoms with van der Waals surface area (Å²) >= 11 is 0. The fourth-order valence-corrected chi connectivity index (χ4v) is 2.18. The van der Waals surface area contributed by atoms with Gasteiger partial charge in [-0.3, -0.25) is 19.2 Å². The zero-order valence-electron chi connectivity index (χ0n) is 16.3. The van der Waals surface area contributed by atoms with Crippen LogP contribution in [0.25, 0.3) is 0 Å². The predicted octanol–water partition coefficient (Wildman–Crippen LogP) is -1.82. The average molecular weight is 385 g/mol. The van der Waals surface area contributed by atoms with E-state index in [1.54, 1.807) is 13.8 Å². The molecule has 0 heterocycles. The van der Waals surface area contributed by atoms with Crippen LogP contribution in [0.15, 0.2) is 0 Å². The lowest BCUT2D eigenvalue weighted by Crippen LogP contribution is -2.54. The molecular formula is C17H31N5O5. The van der Waals surface area contributed by atoms with Gasteiger partial charge in [0.15, 0.2) is 0 Å². The summed E-state index contributed by atoms with van der Waals surface area (Å²) in [5.74, 6) is -2.50. The van der Waals surface area contributed by atoms with E-state index >= 15 is 0 Å². The van der Waals surface area contributed by atoms with Gasteiger partial charge in [-0.25, -0.2) is 0 Å². The summed E-state index contributed by atoms with van der Waals surface area (Å²) in [5, 5.41) is 7.40. The van der Waals surface area contributed by atoms with E-state index in [1.165, 1.54) is 0 Å². The Morgan fingerprint density at radius 2 is 1.59 bits per heavy atom. The van der Waals surface area contributed by atoms with Crippen LogP contribution in [0.3, 0.4) is 0 Å². The van der Waals surface area contributed by atoms with Gasteiger partial charge in [0.2, 0.25) is 23.6 Å². The van der Waals surface area contributed by atoms with E-state index in [9.17, 15) is 24.0 Å². The Kier molecular flexibility index (Phi) is 10.9. The van der Waals surface area contributed by atoms with Gasteiger partial charge in [-0.1, -0.05) is 27.7 Å². The first-order chi connectivity index (χ1) is 12.5. The van der Waals surface area contributed by atoms with E-state index in [2.05, 4.69) is 16.0 Å². The SMILES string of the molecule is CC(C)C[C@H](NC(=O)[C@@H](N)CC(N)=O)C(=O)NCC(=O)N[C@H](C=O)C(C)C. The smallest absolute Gasteiger partial charge is 0.243 e. The molecule has 0 aliphatic rings. The molecule has 0 unspecified atom stereocenters. The van der Waals surface area contributed by atoms with Gasteiger partial charge in [0.1, 0.15) is 12.3 Å². The van der Waals surface area contributed by atoms with Gasteiger partial charge in [-0.2, -0.15) is 0 Å². The van der Waals surface area contributed by atoms with Gasteiger partial charge in [0, 0.05) is 0 Å². The van der Waals surface area contributed by atoms with Crippen molar-refractivity contribution in [3.05, 3.63) is 0 Å². The van der Waals surface area contributed by atoms with Gasteiger partial charge in [-0.15, -0.1) is 0 Å². The van der Waals surface area contributed by atoms with Crippen molar-refractivity contribution >= 4 is 29.9 Å². The van der Waals surface area contributed by atoms with Crippen molar-refractivity contribution in [3.8, 4) is 0 Å². The van der Waals surface area contributed by atoms with Crippen LogP contribution in [0.1, 0.15) is 40.5 Å². The first-order valence-corrected chi connectivity index (χ1v) is 8.84. The van der Waals surface area contributed by atoms with Gasteiger partial charge < -0.3 is 32.2 Å². The molecule has 0 saturated heterocycles. The van der Waals surface area contributed by atoms with Gasteiger partial charge in [0.05, 0.1) is 25.0 Å². The maximum atomic E-state index is 12.3. The van der Waals surface area contributed by atoms with Crippen molar-refractivity contribution in [2.75, 3.05) is 6.54 Å². The Hall–Kier alpha value is -2.49. The molecule has 0 aromatic heterocycles. The zero-order valence-corrected chi connectivity index (χ0v) is 16.3. The van der Waals surface area contributed by atoms with E-state index in [4.69, 9.17) is 11.5 Å². The van der Waals surface area contributed by atoms with Crippen molar-refractivity contribution < 1.29 is 24.0 Å². The molecule has 0 fully saturated rings. The molecule has 0 aliphatic heterocycles. The van der Waals surface area contributed by atoms with Crippen molar-refractivity contribution in [1.82, 2.24) is 16.0 Å². The number of aldehydes is 1. The molecule has 7 N–H and O–H groups in total. The highest BCUT2D eigenvalue weighted by molar-refractivity contribution is 5.93. The molecule has 27 heavy (non-hydrogen) atoms. The van der Waals surface area contributed by atoms with Crippen molar-refractivity contribution in [1.29, 1.82) is 0 Å². The van der Waals surface area contributed by atoms with Crippen LogP contribution in [0, 0.1) is 11.8 Å². The first-order valence-electron chi connectivity index (χ1n) is 8.84. The lowest BCUT2D eigenvalue weighted by molar-refractivity contribution is -0.132. The molecule has 10 heteroatoms. The number of hydrogen-bond donors (Lipinski definition) is 5. The summed E-state index contributed by atoms with van der Waals surface area (Å²) in [7, 11) is 0. The van der Waals surface area contributed by atoms with Crippen LogP contribution in [-0.2, 0) is 24.0 Å². The highest BCUT2D eigenvalue weighted by Crippen LogP contribution is 2.06. The van der Waals surface area contributed by atoms with Crippen molar-refractivity contribution in [2.24, 2.45) is 23.3 Å². The second kappa shape index (κ2) is 12.0. The standard InChI is InChI=1S/C17H31N5O5/c1-9(2)5-12(22-16(26)11(18)6-14(19)24)17(27)20-7-15(25)21-13(8-23)10(3)4/h8-13H,5-7,18H2,1-4H3,(H2,19,24)(H,20,27)(H,21,25)(H,22,26)/t11-,12-,13+/m0/s1. The number of hydrogen-bond acceptors (Lipinski definition) is 6. The van der Waals surface area contributed by atoms with E-state index in [-0.39, 0.29) is 24.8 Å². The van der Waals surface area contributed by atoms with Crippen LogP contribution in [0.2, 0.25) is 0 Å². The van der Waals surface area contributed by atoms with Gasteiger partial charge in [-0.05, 0) is 18.3 Å². The van der Waals surface area contributed by atoms with Crippen LogP contribution >= 0.6 is 0 Å². The second-order valence-corrected chi connectivity index (χ2v) is 7.16. The number of amides is 4. The van der Waals surface area contributed by atoms with Crippen LogP contribution in [0.5, 0.6) is 0 Å². The Bertz CT molecular complexity index is 550. The third-order valence-electron chi connectivity index (χ3n) is 3.71. The minimum absolute atomic E-state index is 0.0719. The Balaban J connectivity index is 4.78. The number of rotatable bonds is 12. The van der Waals surface area contributed by atoms with Gasteiger partial charge >= 0.3 is 0 Å². The first kappa shape index (κ1) is 24.5. The zero-order chi connectivity index (χ0) is 21.1. The van der Waals surface area contributed by atoms with E-state index in [0.29, 0.717) is 12.7 Å². The molecule has 4 amide bonds. The Morgan fingerprint density at radius 1 is 1.00 bits per heavy atom. The number of nitrogens with two attached hydrogens (primary N) is 2. The Morgan fingerprint density at radius 3 is 2.04 bits per heavy atom. The summed E-state index contributed by atoms with van der Waals surface area (Å²) < 4.78 is 0. The monoisotopic (exact) mass is 385 g/mol. The second-order valence-electron chi connectivity index (χ2n) is 7.16. The Labute approximate surface area is 159 Å². The molecule has 0 bridgehead atoms. The largest absolute Gasteiger partial charge is 0.370 e.